The number of carbonyl (C=O) groups is 2. The van der Waals surface area contributed by atoms with Gasteiger partial charge in [-0.15, -0.1) is 0 Å². The SMILES string of the molecule is CN(C)C(=O)CCc1cccc(NC(=O)CNc2ccccc2Cl)c1. The molecule has 0 bridgehead atoms. The fraction of sp³-hybridized carbons (Fsp3) is 0.263. The van der Waals surface area contributed by atoms with Gasteiger partial charge in [0.2, 0.25) is 11.8 Å². The van der Waals surface area contributed by atoms with Crippen LogP contribution < -0.4 is 10.6 Å². The summed E-state index contributed by atoms with van der Waals surface area (Å²) in [5, 5.41) is 6.42. The number of hydrogen-bond donors (Lipinski definition) is 2. The molecule has 0 atom stereocenters. The van der Waals surface area contributed by atoms with Gasteiger partial charge in [-0.3, -0.25) is 9.59 Å². The second kappa shape index (κ2) is 9.08. The van der Waals surface area contributed by atoms with Gasteiger partial charge in [0.25, 0.3) is 0 Å². The van der Waals surface area contributed by atoms with Gasteiger partial charge in [0.15, 0.2) is 0 Å². The van der Waals surface area contributed by atoms with Crippen LogP contribution in [0.15, 0.2) is 48.5 Å². The molecule has 0 saturated carbocycles. The van der Waals surface area contributed by atoms with Gasteiger partial charge in [0, 0.05) is 26.2 Å². The predicted molar refractivity (Wildman–Crippen MR) is 102 cm³/mol. The summed E-state index contributed by atoms with van der Waals surface area (Å²) in [7, 11) is 3.48. The Balaban J connectivity index is 1.87. The lowest BCUT2D eigenvalue weighted by Gasteiger charge is -2.11. The molecule has 0 aliphatic carbocycles. The molecule has 0 unspecified atom stereocenters. The number of nitrogens with zero attached hydrogens (tertiary/aromatic N) is 1. The van der Waals surface area contributed by atoms with E-state index in [-0.39, 0.29) is 18.4 Å². The van der Waals surface area contributed by atoms with Crippen LogP contribution in [-0.2, 0) is 16.0 Å². The van der Waals surface area contributed by atoms with Crippen molar-refractivity contribution in [1.82, 2.24) is 4.90 Å². The highest BCUT2D eigenvalue weighted by Crippen LogP contribution is 2.20. The topological polar surface area (TPSA) is 61.4 Å². The molecule has 2 rings (SSSR count). The molecule has 2 aromatic rings. The van der Waals surface area contributed by atoms with Crippen molar-refractivity contribution >= 4 is 34.8 Å². The highest BCUT2D eigenvalue weighted by atomic mass is 35.5. The second-order valence-electron chi connectivity index (χ2n) is 5.87. The molecule has 0 spiro atoms. The number of aryl methyl sites for hydroxylation is 1. The van der Waals surface area contributed by atoms with Crippen LogP contribution >= 0.6 is 11.6 Å². The third-order valence-electron chi connectivity index (χ3n) is 3.65. The molecule has 25 heavy (non-hydrogen) atoms. The number of amides is 2. The fourth-order valence-corrected chi connectivity index (χ4v) is 2.47. The molecule has 0 fully saturated rings. The van der Waals surface area contributed by atoms with Crippen LogP contribution in [0.3, 0.4) is 0 Å². The summed E-state index contributed by atoms with van der Waals surface area (Å²) < 4.78 is 0. The maximum atomic E-state index is 12.1. The van der Waals surface area contributed by atoms with Crippen molar-refractivity contribution in [3.8, 4) is 0 Å². The zero-order valence-electron chi connectivity index (χ0n) is 14.4. The van der Waals surface area contributed by atoms with Gasteiger partial charge in [-0.2, -0.15) is 0 Å². The van der Waals surface area contributed by atoms with E-state index in [2.05, 4.69) is 10.6 Å². The van der Waals surface area contributed by atoms with E-state index in [9.17, 15) is 9.59 Å². The van der Waals surface area contributed by atoms with Crippen LogP contribution in [0, 0.1) is 0 Å². The molecular weight excluding hydrogens is 338 g/mol. The van der Waals surface area contributed by atoms with Gasteiger partial charge in [-0.25, -0.2) is 0 Å². The highest BCUT2D eigenvalue weighted by molar-refractivity contribution is 6.33. The smallest absolute Gasteiger partial charge is 0.243 e. The van der Waals surface area contributed by atoms with Crippen LogP contribution in [0.4, 0.5) is 11.4 Å². The average molecular weight is 360 g/mol. The van der Waals surface area contributed by atoms with E-state index < -0.39 is 0 Å². The van der Waals surface area contributed by atoms with Gasteiger partial charge in [0.05, 0.1) is 17.3 Å². The lowest BCUT2D eigenvalue weighted by Crippen LogP contribution is -2.22. The van der Waals surface area contributed by atoms with E-state index >= 15 is 0 Å². The van der Waals surface area contributed by atoms with E-state index in [1.807, 2.05) is 42.5 Å². The first-order valence-electron chi connectivity index (χ1n) is 8.03. The minimum absolute atomic E-state index is 0.0818. The molecular formula is C19H22ClN3O2. The Morgan fingerprint density at radius 3 is 2.56 bits per heavy atom. The molecule has 2 N–H and O–H groups in total. The van der Waals surface area contributed by atoms with Crippen LogP contribution in [-0.4, -0.2) is 37.4 Å². The van der Waals surface area contributed by atoms with Gasteiger partial charge in [0.1, 0.15) is 0 Å². The predicted octanol–water partition coefficient (Wildman–Crippen LogP) is 3.41. The minimum Gasteiger partial charge on any atom is -0.375 e. The normalized spacial score (nSPS) is 10.2. The van der Waals surface area contributed by atoms with Crippen molar-refractivity contribution in [2.45, 2.75) is 12.8 Å². The summed E-state index contributed by atoms with van der Waals surface area (Å²) in [6, 6.07) is 14.8. The van der Waals surface area contributed by atoms with Crippen molar-refractivity contribution in [1.29, 1.82) is 0 Å². The first kappa shape index (κ1) is 18.8. The summed E-state index contributed by atoms with van der Waals surface area (Å²) in [6.07, 6.45) is 1.08. The maximum Gasteiger partial charge on any atom is 0.243 e. The van der Waals surface area contributed by atoms with Crippen molar-refractivity contribution in [3.05, 3.63) is 59.1 Å². The van der Waals surface area contributed by atoms with Gasteiger partial charge < -0.3 is 15.5 Å². The molecule has 5 nitrogen and oxygen atoms in total. The Bertz CT molecular complexity index is 747. The molecule has 0 saturated heterocycles. The number of para-hydroxylation sites is 1. The van der Waals surface area contributed by atoms with Crippen molar-refractivity contribution in [2.75, 3.05) is 31.3 Å². The zero-order valence-corrected chi connectivity index (χ0v) is 15.1. The largest absolute Gasteiger partial charge is 0.375 e. The molecule has 132 valence electrons. The quantitative estimate of drug-likeness (QED) is 0.796. The number of anilines is 2. The molecule has 0 aromatic heterocycles. The molecule has 2 aromatic carbocycles. The molecule has 0 radical (unpaired) electrons. The lowest BCUT2D eigenvalue weighted by atomic mass is 10.1. The first-order chi connectivity index (χ1) is 12.0. The summed E-state index contributed by atoms with van der Waals surface area (Å²) in [5.41, 5.74) is 2.43. The molecule has 2 amide bonds. The summed E-state index contributed by atoms with van der Waals surface area (Å²) >= 11 is 6.05. The van der Waals surface area contributed by atoms with E-state index in [0.29, 0.717) is 23.6 Å². The highest BCUT2D eigenvalue weighted by Gasteiger charge is 2.07. The van der Waals surface area contributed by atoms with Crippen LogP contribution in [0.2, 0.25) is 5.02 Å². The summed E-state index contributed by atoms with van der Waals surface area (Å²) in [6.45, 7) is 0.118. The zero-order chi connectivity index (χ0) is 18.2. The third kappa shape index (κ3) is 6.12. The molecule has 6 heteroatoms. The fourth-order valence-electron chi connectivity index (χ4n) is 2.26. The number of nitrogens with one attached hydrogen (secondary N) is 2. The van der Waals surface area contributed by atoms with Crippen LogP contribution in [0.1, 0.15) is 12.0 Å². The minimum atomic E-state index is -0.165. The van der Waals surface area contributed by atoms with Crippen molar-refractivity contribution in [2.24, 2.45) is 0 Å². The average Bonchev–Trinajstić information content (AvgIpc) is 2.59. The van der Waals surface area contributed by atoms with Gasteiger partial charge in [-0.1, -0.05) is 35.9 Å². The van der Waals surface area contributed by atoms with Crippen molar-refractivity contribution in [3.63, 3.8) is 0 Å². The van der Waals surface area contributed by atoms with Gasteiger partial charge >= 0.3 is 0 Å². The molecule has 0 aliphatic heterocycles. The number of carbonyl (C=O) groups excluding carboxylic acids is 2. The number of hydrogen-bond acceptors (Lipinski definition) is 3. The summed E-state index contributed by atoms with van der Waals surface area (Å²) in [5.74, 6) is -0.0835. The number of benzene rings is 2. The first-order valence-corrected chi connectivity index (χ1v) is 8.41. The lowest BCUT2D eigenvalue weighted by molar-refractivity contribution is -0.128. The molecule has 0 heterocycles. The Morgan fingerprint density at radius 2 is 1.84 bits per heavy atom. The van der Waals surface area contributed by atoms with Crippen molar-refractivity contribution < 1.29 is 9.59 Å². The Morgan fingerprint density at radius 1 is 1.08 bits per heavy atom. The van der Waals surface area contributed by atoms with E-state index in [4.69, 9.17) is 11.6 Å². The van der Waals surface area contributed by atoms with E-state index in [1.165, 1.54) is 0 Å². The Hall–Kier alpha value is -2.53. The standard InChI is InChI=1S/C19H22ClN3O2/c1-23(2)19(25)11-10-14-6-5-7-15(12-14)22-18(24)13-21-17-9-4-3-8-16(17)20/h3-9,12,21H,10-11,13H2,1-2H3,(H,22,24). The van der Waals surface area contributed by atoms with Crippen LogP contribution in [0.5, 0.6) is 0 Å². The Kier molecular flexibility index (Phi) is 6.83. The second-order valence-corrected chi connectivity index (χ2v) is 6.28. The van der Waals surface area contributed by atoms with E-state index in [0.717, 1.165) is 11.3 Å². The number of rotatable bonds is 7. The number of halogens is 1. The molecule has 0 aliphatic rings. The maximum absolute atomic E-state index is 12.1. The third-order valence-corrected chi connectivity index (χ3v) is 3.98. The Labute approximate surface area is 153 Å². The van der Waals surface area contributed by atoms with E-state index in [1.54, 1.807) is 25.1 Å². The van der Waals surface area contributed by atoms with Gasteiger partial charge in [-0.05, 0) is 36.2 Å². The summed E-state index contributed by atoms with van der Waals surface area (Å²) in [4.78, 5) is 25.3. The monoisotopic (exact) mass is 359 g/mol. The van der Waals surface area contributed by atoms with Crippen LogP contribution in [0.25, 0.3) is 0 Å².